The van der Waals surface area contributed by atoms with Gasteiger partial charge in [0.25, 0.3) is 0 Å². The van der Waals surface area contributed by atoms with Crippen LogP contribution in [0.1, 0.15) is 26.2 Å². The van der Waals surface area contributed by atoms with E-state index in [9.17, 15) is 0 Å². The molecule has 0 heterocycles. The normalized spacial score (nSPS) is 23.9. The quantitative estimate of drug-likeness (QED) is 0.867. The number of ether oxygens (including phenoxy) is 1. The maximum Gasteiger partial charge on any atom is 0.132 e. The summed E-state index contributed by atoms with van der Waals surface area (Å²) in [4.78, 5) is 1.28. The van der Waals surface area contributed by atoms with Crippen LogP contribution in [0.2, 0.25) is 0 Å². The zero-order valence-corrected chi connectivity index (χ0v) is 11.4. The summed E-state index contributed by atoms with van der Waals surface area (Å²) in [6.45, 7) is 3.26. The molecule has 1 aliphatic carbocycles. The Morgan fingerprint density at radius 3 is 2.94 bits per heavy atom. The number of hydrogen-bond acceptors (Lipinski definition) is 3. The zero-order chi connectivity index (χ0) is 12.1. The van der Waals surface area contributed by atoms with Gasteiger partial charge in [0.15, 0.2) is 0 Å². The molecule has 0 aliphatic heterocycles. The topological polar surface area (TPSA) is 21.3 Å². The Balaban J connectivity index is 1.93. The molecule has 94 valence electrons. The third-order valence-corrected chi connectivity index (χ3v) is 4.59. The lowest BCUT2D eigenvalue weighted by Crippen LogP contribution is -2.26. The van der Waals surface area contributed by atoms with E-state index in [1.54, 1.807) is 7.11 Å². The number of hydrogen-bond donors (Lipinski definition) is 1. The Hall–Kier alpha value is -0.670. The van der Waals surface area contributed by atoms with Gasteiger partial charge in [-0.2, -0.15) is 0 Å². The van der Waals surface area contributed by atoms with Gasteiger partial charge in [-0.1, -0.05) is 19.1 Å². The smallest absolute Gasteiger partial charge is 0.132 e. The van der Waals surface area contributed by atoms with Gasteiger partial charge >= 0.3 is 0 Å². The molecule has 1 aromatic rings. The van der Waals surface area contributed by atoms with E-state index in [1.165, 1.54) is 24.2 Å². The summed E-state index contributed by atoms with van der Waals surface area (Å²) in [5, 5.41) is 4.28. The van der Waals surface area contributed by atoms with E-state index in [2.05, 4.69) is 24.4 Å². The van der Waals surface area contributed by atoms with Crippen LogP contribution in [0.4, 0.5) is 0 Å². The second-order valence-electron chi connectivity index (χ2n) is 4.46. The van der Waals surface area contributed by atoms with Gasteiger partial charge in [0.1, 0.15) is 5.75 Å². The van der Waals surface area contributed by atoms with Crippen molar-refractivity contribution in [1.82, 2.24) is 5.32 Å². The minimum Gasteiger partial charge on any atom is -0.496 e. The van der Waals surface area contributed by atoms with E-state index in [4.69, 9.17) is 4.74 Å². The first kappa shape index (κ1) is 12.8. The number of thioether (sulfide) groups is 1. The number of para-hydroxylation sites is 1. The molecule has 2 atom stereocenters. The van der Waals surface area contributed by atoms with E-state index >= 15 is 0 Å². The van der Waals surface area contributed by atoms with Crippen LogP contribution in [-0.2, 0) is 0 Å². The SMILES string of the molecule is CCNC1CCC(Sc2ccccc2OC)C1. The van der Waals surface area contributed by atoms with Crippen LogP contribution < -0.4 is 10.1 Å². The largest absolute Gasteiger partial charge is 0.496 e. The van der Waals surface area contributed by atoms with Crippen LogP contribution in [0, 0.1) is 0 Å². The lowest BCUT2D eigenvalue weighted by atomic mass is 10.2. The van der Waals surface area contributed by atoms with Gasteiger partial charge in [0.05, 0.1) is 7.11 Å². The number of nitrogens with one attached hydrogen (secondary N) is 1. The Morgan fingerprint density at radius 1 is 1.35 bits per heavy atom. The molecule has 17 heavy (non-hydrogen) atoms. The third kappa shape index (κ3) is 3.39. The summed E-state index contributed by atoms with van der Waals surface area (Å²) in [6, 6.07) is 9.02. The van der Waals surface area contributed by atoms with Crippen LogP contribution in [0.3, 0.4) is 0 Å². The Bertz CT molecular complexity index is 356. The van der Waals surface area contributed by atoms with Crippen molar-refractivity contribution in [2.75, 3.05) is 13.7 Å². The van der Waals surface area contributed by atoms with Gasteiger partial charge in [-0.15, -0.1) is 11.8 Å². The second kappa shape index (κ2) is 6.31. The fourth-order valence-corrected chi connectivity index (χ4v) is 3.78. The summed E-state index contributed by atoms with van der Waals surface area (Å²) in [6.07, 6.45) is 3.89. The van der Waals surface area contributed by atoms with Crippen molar-refractivity contribution in [2.45, 2.75) is 42.4 Å². The highest BCUT2D eigenvalue weighted by molar-refractivity contribution is 8.00. The van der Waals surface area contributed by atoms with Crippen LogP contribution >= 0.6 is 11.8 Å². The molecule has 0 bridgehead atoms. The van der Waals surface area contributed by atoms with Crippen molar-refractivity contribution in [2.24, 2.45) is 0 Å². The summed E-state index contributed by atoms with van der Waals surface area (Å²) >= 11 is 1.97. The first-order valence-corrected chi connectivity index (χ1v) is 7.24. The van der Waals surface area contributed by atoms with Crippen molar-refractivity contribution in [3.8, 4) is 5.75 Å². The molecule has 1 N–H and O–H groups in total. The number of benzene rings is 1. The van der Waals surface area contributed by atoms with Crippen molar-refractivity contribution >= 4 is 11.8 Å². The molecule has 2 unspecified atom stereocenters. The lowest BCUT2D eigenvalue weighted by Gasteiger charge is -2.13. The molecular weight excluding hydrogens is 230 g/mol. The molecule has 1 saturated carbocycles. The molecule has 0 radical (unpaired) electrons. The molecule has 2 rings (SSSR count). The number of rotatable bonds is 5. The standard InChI is InChI=1S/C14H21NOS/c1-3-15-11-8-9-12(10-11)17-14-7-5-4-6-13(14)16-2/h4-7,11-12,15H,3,8-10H2,1-2H3. The second-order valence-corrected chi connectivity index (χ2v) is 5.80. The van der Waals surface area contributed by atoms with E-state index in [0.29, 0.717) is 6.04 Å². The monoisotopic (exact) mass is 251 g/mol. The fraction of sp³-hybridized carbons (Fsp3) is 0.571. The first-order valence-electron chi connectivity index (χ1n) is 6.36. The highest BCUT2D eigenvalue weighted by atomic mass is 32.2. The number of methoxy groups -OCH3 is 1. The third-order valence-electron chi connectivity index (χ3n) is 3.24. The molecule has 0 spiro atoms. The van der Waals surface area contributed by atoms with Crippen molar-refractivity contribution in [1.29, 1.82) is 0 Å². The lowest BCUT2D eigenvalue weighted by molar-refractivity contribution is 0.404. The molecule has 1 fully saturated rings. The average molecular weight is 251 g/mol. The zero-order valence-electron chi connectivity index (χ0n) is 10.6. The predicted octanol–water partition coefficient (Wildman–Crippen LogP) is 3.32. The molecule has 0 aromatic heterocycles. The molecule has 1 aromatic carbocycles. The molecule has 1 aliphatic rings. The average Bonchev–Trinajstić information content (AvgIpc) is 2.78. The van der Waals surface area contributed by atoms with Gasteiger partial charge in [0.2, 0.25) is 0 Å². The minimum atomic E-state index is 0.715. The van der Waals surface area contributed by atoms with Gasteiger partial charge in [-0.05, 0) is 37.9 Å². The Labute approximate surface area is 108 Å². The maximum atomic E-state index is 5.39. The minimum absolute atomic E-state index is 0.715. The van der Waals surface area contributed by atoms with Crippen LogP contribution in [-0.4, -0.2) is 24.9 Å². The summed E-state index contributed by atoms with van der Waals surface area (Å²) < 4.78 is 5.39. The molecule has 3 heteroatoms. The van der Waals surface area contributed by atoms with Gasteiger partial charge in [0, 0.05) is 16.2 Å². The Kier molecular flexibility index (Phi) is 4.75. The molecule has 2 nitrogen and oxygen atoms in total. The molecular formula is C14H21NOS. The van der Waals surface area contributed by atoms with Crippen molar-refractivity contribution < 1.29 is 4.74 Å². The predicted molar refractivity (Wildman–Crippen MR) is 74.0 cm³/mol. The molecule has 0 saturated heterocycles. The maximum absolute atomic E-state index is 5.39. The van der Waals surface area contributed by atoms with Gasteiger partial charge in [-0.25, -0.2) is 0 Å². The highest BCUT2D eigenvalue weighted by Gasteiger charge is 2.25. The fourth-order valence-electron chi connectivity index (χ4n) is 2.42. The van der Waals surface area contributed by atoms with Crippen LogP contribution in [0.15, 0.2) is 29.2 Å². The first-order chi connectivity index (χ1) is 8.33. The summed E-state index contributed by atoms with van der Waals surface area (Å²) in [5.41, 5.74) is 0. The highest BCUT2D eigenvalue weighted by Crippen LogP contribution is 2.38. The summed E-state index contributed by atoms with van der Waals surface area (Å²) in [5.74, 6) is 1.00. The van der Waals surface area contributed by atoms with Crippen LogP contribution in [0.25, 0.3) is 0 Å². The van der Waals surface area contributed by atoms with E-state index in [1.807, 2.05) is 23.9 Å². The van der Waals surface area contributed by atoms with Crippen molar-refractivity contribution in [3.63, 3.8) is 0 Å². The molecule has 0 amide bonds. The van der Waals surface area contributed by atoms with Crippen molar-refractivity contribution in [3.05, 3.63) is 24.3 Å². The Morgan fingerprint density at radius 2 is 2.18 bits per heavy atom. The summed E-state index contributed by atoms with van der Waals surface area (Å²) in [7, 11) is 1.75. The van der Waals surface area contributed by atoms with Crippen LogP contribution in [0.5, 0.6) is 5.75 Å². The van der Waals surface area contributed by atoms with E-state index in [0.717, 1.165) is 17.5 Å². The van der Waals surface area contributed by atoms with Gasteiger partial charge in [-0.3, -0.25) is 0 Å². The van der Waals surface area contributed by atoms with Gasteiger partial charge < -0.3 is 10.1 Å². The van der Waals surface area contributed by atoms with E-state index < -0.39 is 0 Å². The van der Waals surface area contributed by atoms with E-state index in [-0.39, 0.29) is 0 Å².